The van der Waals surface area contributed by atoms with E-state index in [2.05, 4.69) is 18.7 Å². The number of hydrogen-bond acceptors (Lipinski definition) is 6. The number of fused-ring (bicyclic) bond motifs is 1. The summed E-state index contributed by atoms with van der Waals surface area (Å²) in [7, 11) is 3.28. The Bertz CT molecular complexity index is 1280. The average molecular weight is 464 g/mol. The molecule has 0 aliphatic carbocycles. The van der Waals surface area contributed by atoms with Crippen molar-refractivity contribution in [3.63, 3.8) is 0 Å². The van der Waals surface area contributed by atoms with Crippen molar-refractivity contribution >= 4 is 16.3 Å². The lowest BCUT2D eigenvalue weighted by atomic mass is 10.1. The number of hydrogen-bond donors (Lipinski definition) is 0. The molecule has 0 unspecified atom stereocenters. The van der Waals surface area contributed by atoms with Gasteiger partial charge in [0.05, 0.1) is 25.6 Å². The van der Waals surface area contributed by atoms with E-state index in [-0.39, 0.29) is 5.56 Å². The van der Waals surface area contributed by atoms with Gasteiger partial charge in [0.15, 0.2) is 16.5 Å². The second kappa shape index (κ2) is 10.2. The molecule has 0 fully saturated rings. The number of thiazole rings is 1. The van der Waals surface area contributed by atoms with Crippen molar-refractivity contribution in [2.45, 2.75) is 26.9 Å². The molecule has 6 nitrogen and oxygen atoms in total. The van der Waals surface area contributed by atoms with Crippen LogP contribution >= 0.6 is 11.3 Å². The lowest BCUT2D eigenvalue weighted by Crippen LogP contribution is -2.28. The molecule has 2 aromatic heterocycles. The Labute approximate surface area is 198 Å². The first-order valence-electron chi connectivity index (χ1n) is 11.0. The molecule has 4 rings (SSSR count). The van der Waals surface area contributed by atoms with Gasteiger partial charge in [-0.15, -0.1) is 11.3 Å². The van der Waals surface area contributed by atoms with Crippen molar-refractivity contribution in [2.24, 2.45) is 5.92 Å². The molecule has 0 aliphatic rings. The highest BCUT2D eigenvalue weighted by Gasteiger charge is 2.15. The number of rotatable bonds is 9. The van der Waals surface area contributed by atoms with Gasteiger partial charge >= 0.3 is 0 Å². The van der Waals surface area contributed by atoms with Crippen LogP contribution in [0.4, 0.5) is 0 Å². The average Bonchev–Trinajstić information content (AvgIpc) is 3.23. The molecule has 0 radical (unpaired) electrons. The Morgan fingerprint density at radius 2 is 1.76 bits per heavy atom. The summed E-state index contributed by atoms with van der Waals surface area (Å²) in [5.74, 6) is 1.90. The van der Waals surface area contributed by atoms with Crippen LogP contribution in [0.25, 0.3) is 16.2 Å². The molecule has 0 spiro atoms. The molecule has 0 atom stereocenters. The molecular weight excluding hydrogens is 434 g/mol. The van der Waals surface area contributed by atoms with E-state index in [0.29, 0.717) is 28.9 Å². The standard InChI is InChI=1S/C26H29N3O3S/c1-18(2)14-28(15-19-10-11-23(31-3)24(12-19)32-4)16-21-13-25(30)29-22(17-33-26(29)27-21)20-8-6-5-7-9-20/h5-13,17-18H,14-16H2,1-4H3. The highest BCUT2D eigenvalue weighted by atomic mass is 32.1. The summed E-state index contributed by atoms with van der Waals surface area (Å²) in [6, 6.07) is 17.6. The molecule has 0 saturated heterocycles. The van der Waals surface area contributed by atoms with Gasteiger partial charge in [0.25, 0.3) is 5.56 Å². The first-order valence-corrected chi connectivity index (χ1v) is 11.8. The third-order valence-electron chi connectivity index (χ3n) is 5.39. The Hall–Kier alpha value is -3.16. The van der Waals surface area contributed by atoms with Gasteiger partial charge < -0.3 is 9.47 Å². The highest BCUT2D eigenvalue weighted by molar-refractivity contribution is 7.15. The van der Waals surface area contributed by atoms with E-state index in [1.165, 1.54) is 11.3 Å². The molecule has 2 aromatic carbocycles. The van der Waals surface area contributed by atoms with Gasteiger partial charge in [-0.3, -0.25) is 14.1 Å². The number of aromatic nitrogens is 2. The fourth-order valence-corrected chi connectivity index (χ4v) is 4.95. The lowest BCUT2D eigenvalue weighted by Gasteiger charge is -2.24. The fraction of sp³-hybridized carbons (Fsp3) is 0.308. The summed E-state index contributed by atoms with van der Waals surface area (Å²) in [6.07, 6.45) is 0. The van der Waals surface area contributed by atoms with Gasteiger partial charge in [-0.2, -0.15) is 0 Å². The van der Waals surface area contributed by atoms with Crippen molar-refractivity contribution in [2.75, 3.05) is 20.8 Å². The highest BCUT2D eigenvalue weighted by Crippen LogP contribution is 2.28. The van der Waals surface area contributed by atoms with E-state index in [4.69, 9.17) is 14.5 Å². The van der Waals surface area contributed by atoms with Crippen LogP contribution in [0, 0.1) is 5.92 Å². The minimum absolute atomic E-state index is 0.0503. The van der Waals surface area contributed by atoms with E-state index < -0.39 is 0 Å². The zero-order valence-electron chi connectivity index (χ0n) is 19.4. The third-order valence-corrected chi connectivity index (χ3v) is 6.22. The molecule has 0 bridgehead atoms. The van der Waals surface area contributed by atoms with Crippen molar-refractivity contribution in [1.82, 2.24) is 14.3 Å². The zero-order chi connectivity index (χ0) is 23.4. The quantitative estimate of drug-likeness (QED) is 0.346. The molecule has 7 heteroatoms. The van der Waals surface area contributed by atoms with E-state index in [1.807, 2.05) is 53.9 Å². The smallest absolute Gasteiger partial charge is 0.259 e. The van der Waals surface area contributed by atoms with Crippen LogP contribution in [0.5, 0.6) is 11.5 Å². The van der Waals surface area contributed by atoms with Gasteiger partial charge in [-0.05, 0) is 29.2 Å². The SMILES string of the molecule is COc1ccc(CN(Cc2cc(=O)n3c(-c4ccccc4)csc3n2)CC(C)C)cc1OC. The summed E-state index contributed by atoms with van der Waals surface area (Å²) in [5, 5.41) is 2.00. The number of ether oxygens (including phenoxy) is 2. The zero-order valence-corrected chi connectivity index (χ0v) is 20.3. The van der Waals surface area contributed by atoms with Gasteiger partial charge in [0.2, 0.25) is 0 Å². The molecule has 0 aliphatic heterocycles. The molecule has 2 heterocycles. The Morgan fingerprint density at radius 3 is 2.45 bits per heavy atom. The van der Waals surface area contributed by atoms with E-state index in [0.717, 1.165) is 35.6 Å². The summed E-state index contributed by atoms with van der Waals surface area (Å²) in [4.78, 5) is 20.9. The van der Waals surface area contributed by atoms with Gasteiger partial charge in [-0.25, -0.2) is 4.98 Å². The van der Waals surface area contributed by atoms with Crippen LogP contribution in [-0.2, 0) is 13.1 Å². The van der Waals surface area contributed by atoms with Crippen LogP contribution < -0.4 is 15.0 Å². The molecule has 4 aromatic rings. The molecule has 33 heavy (non-hydrogen) atoms. The van der Waals surface area contributed by atoms with Crippen LogP contribution in [0.3, 0.4) is 0 Å². The second-order valence-electron chi connectivity index (χ2n) is 8.44. The maximum Gasteiger partial charge on any atom is 0.259 e. The molecule has 0 N–H and O–H groups in total. The minimum atomic E-state index is -0.0503. The third kappa shape index (κ3) is 5.26. The van der Waals surface area contributed by atoms with Crippen LogP contribution in [-0.4, -0.2) is 35.0 Å². The second-order valence-corrected chi connectivity index (χ2v) is 9.28. The van der Waals surface area contributed by atoms with Crippen molar-refractivity contribution in [1.29, 1.82) is 0 Å². The minimum Gasteiger partial charge on any atom is -0.493 e. The Morgan fingerprint density at radius 1 is 1.00 bits per heavy atom. The summed E-state index contributed by atoms with van der Waals surface area (Å²) < 4.78 is 12.5. The Balaban J connectivity index is 1.61. The van der Waals surface area contributed by atoms with Gasteiger partial charge in [-0.1, -0.05) is 50.2 Å². The van der Waals surface area contributed by atoms with Crippen molar-refractivity contribution in [3.05, 3.63) is 81.6 Å². The topological polar surface area (TPSA) is 56.1 Å². The van der Waals surface area contributed by atoms with E-state index in [1.54, 1.807) is 24.7 Å². The maximum absolute atomic E-state index is 13.1. The van der Waals surface area contributed by atoms with Crippen molar-refractivity contribution in [3.8, 4) is 22.8 Å². The Kier molecular flexibility index (Phi) is 7.11. The van der Waals surface area contributed by atoms with Gasteiger partial charge in [0, 0.05) is 31.1 Å². The predicted octanol–water partition coefficient (Wildman–Crippen LogP) is 5.10. The number of nitrogens with zero attached hydrogens (tertiary/aromatic N) is 3. The lowest BCUT2D eigenvalue weighted by molar-refractivity contribution is 0.225. The maximum atomic E-state index is 13.1. The molecule has 0 amide bonds. The molecule has 172 valence electrons. The fourth-order valence-electron chi connectivity index (χ4n) is 4.02. The summed E-state index contributed by atoms with van der Waals surface area (Å²) in [5.41, 5.74) is 3.74. The number of methoxy groups -OCH3 is 2. The van der Waals surface area contributed by atoms with Crippen molar-refractivity contribution < 1.29 is 9.47 Å². The first-order chi connectivity index (χ1) is 16.0. The number of benzene rings is 2. The predicted molar refractivity (Wildman–Crippen MR) is 133 cm³/mol. The molecule has 0 saturated carbocycles. The largest absolute Gasteiger partial charge is 0.493 e. The van der Waals surface area contributed by atoms with Crippen LogP contribution in [0.1, 0.15) is 25.1 Å². The summed E-state index contributed by atoms with van der Waals surface area (Å²) in [6.45, 7) is 6.59. The first kappa shape index (κ1) is 23.0. The van der Waals surface area contributed by atoms with E-state index >= 15 is 0 Å². The van der Waals surface area contributed by atoms with Gasteiger partial charge in [0.1, 0.15) is 0 Å². The summed E-state index contributed by atoms with van der Waals surface area (Å²) >= 11 is 1.49. The van der Waals surface area contributed by atoms with Crippen LogP contribution in [0.2, 0.25) is 0 Å². The normalized spacial score (nSPS) is 11.5. The monoisotopic (exact) mass is 463 g/mol. The molecular formula is C26H29N3O3S. The van der Waals surface area contributed by atoms with E-state index in [9.17, 15) is 4.79 Å². The van der Waals surface area contributed by atoms with Crippen LogP contribution in [0.15, 0.2) is 64.8 Å².